The Labute approximate surface area is 122 Å². The second-order valence-corrected chi connectivity index (χ2v) is 6.40. The van der Waals surface area contributed by atoms with Crippen molar-refractivity contribution in [3.8, 4) is 0 Å². The fourth-order valence-electron chi connectivity index (χ4n) is 3.15. The van der Waals surface area contributed by atoms with Gasteiger partial charge in [0.15, 0.2) is 0 Å². The number of nitrogens with one attached hydrogen (secondary N) is 1. The summed E-state index contributed by atoms with van der Waals surface area (Å²) in [5.41, 5.74) is 1.26. The zero-order valence-electron chi connectivity index (χ0n) is 12.6. The second-order valence-electron chi connectivity index (χ2n) is 6.40. The van der Waals surface area contributed by atoms with E-state index in [0.29, 0.717) is 12.7 Å². The lowest BCUT2D eigenvalue weighted by Crippen LogP contribution is -2.22. The van der Waals surface area contributed by atoms with E-state index >= 15 is 0 Å². The lowest BCUT2D eigenvalue weighted by atomic mass is 9.85. The lowest BCUT2D eigenvalue weighted by Gasteiger charge is -2.28. The van der Waals surface area contributed by atoms with Gasteiger partial charge in [-0.1, -0.05) is 26.2 Å². The van der Waals surface area contributed by atoms with Crippen molar-refractivity contribution in [1.82, 2.24) is 5.32 Å². The molecule has 0 aliphatic heterocycles. The molecule has 1 aromatic rings. The molecule has 2 saturated carbocycles. The SMILES string of the molecule is CCC1CCCC(OCc2occc2CNC2CC2)C1. The van der Waals surface area contributed by atoms with Crippen LogP contribution in [0.2, 0.25) is 0 Å². The summed E-state index contributed by atoms with van der Waals surface area (Å²) in [7, 11) is 0. The first-order valence-corrected chi connectivity index (χ1v) is 8.25. The number of ether oxygens (including phenoxy) is 1. The van der Waals surface area contributed by atoms with Crippen molar-refractivity contribution in [3.63, 3.8) is 0 Å². The molecule has 0 amide bonds. The Hall–Kier alpha value is -0.800. The molecule has 2 aliphatic rings. The molecule has 20 heavy (non-hydrogen) atoms. The predicted molar refractivity (Wildman–Crippen MR) is 79.4 cm³/mol. The molecule has 2 atom stereocenters. The van der Waals surface area contributed by atoms with E-state index in [1.54, 1.807) is 6.26 Å². The van der Waals surface area contributed by atoms with Gasteiger partial charge in [0.25, 0.3) is 0 Å². The first-order chi connectivity index (χ1) is 9.85. The molecule has 0 spiro atoms. The summed E-state index contributed by atoms with van der Waals surface area (Å²) in [5, 5.41) is 3.54. The zero-order chi connectivity index (χ0) is 13.8. The monoisotopic (exact) mass is 277 g/mol. The summed E-state index contributed by atoms with van der Waals surface area (Å²) in [6.45, 7) is 3.85. The Bertz CT molecular complexity index is 411. The average molecular weight is 277 g/mol. The molecule has 3 rings (SSSR count). The number of hydrogen-bond donors (Lipinski definition) is 1. The quantitative estimate of drug-likeness (QED) is 0.817. The van der Waals surface area contributed by atoms with Crippen LogP contribution in [0.5, 0.6) is 0 Å². The van der Waals surface area contributed by atoms with Crippen LogP contribution >= 0.6 is 0 Å². The predicted octanol–water partition coefficient (Wildman–Crippen LogP) is 4.02. The van der Waals surface area contributed by atoms with Crippen LogP contribution < -0.4 is 5.32 Å². The van der Waals surface area contributed by atoms with E-state index in [0.717, 1.165) is 24.3 Å². The highest BCUT2D eigenvalue weighted by molar-refractivity contribution is 5.16. The molecule has 0 saturated heterocycles. The van der Waals surface area contributed by atoms with E-state index in [4.69, 9.17) is 9.15 Å². The van der Waals surface area contributed by atoms with E-state index in [2.05, 4.69) is 18.3 Å². The molecule has 3 nitrogen and oxygen atoms in total. The minimum Gasteiger partial charge on any atom is -0.467 e. The third-order valence-electron chi connectivity index (χ3n) is 4.76. The van der Waals surface area contributed by atoms with Crippen LogP contribution in [0.3, 0.4) is 0 Å². The normalized spacial score (nSPS) is 26.9. The lowest BCUT2D eigenvalue weighted by molar-refractivity contribution is -0.00573. The highest BCUT2D eigenvalue weighted by Gasteiger charge is 2.23. The molecule has 0 radical (unpaired) electrons. The van der Waals surface area contributed by atoms with Crippen LogP contribution in [0.1, 0.15) is 63.2 Å². The molecule has 2 aliphatic carbocycles. The smallest absolute Gasteiger partial charge is 0.133 e. The third kappa shape index (κ3) is 3.86. The summed E-state index contributed by atoms with van der Waals surface area (Å²) < 4.78 is 11.7. The highest BCUT2D eigenvalue weighted by atomic mass is 16.5. The van der Waals surface area contributed by atoms with Crippen molar-refractivity contribution in [2.24, 2.45) is 5.92 Å². The van der Waals surface area contributed by atoms with Gasteiger partial charge in [0.05, 0.1) is 12.4 Å². The molecule has 0 bridgehead atoms. The van der Waals surface area contributed by atoms with Gasteiger partial charge in [-0.15, -0.1) is 0 Å². The highest BCUT2D eigenvalue weighted by Crippen LogP contribution is 2.29. The zero-order valence-corrected chi connectivity index (χ0v) is 12.6. The largest absolute Gasteiger partial charge is 0.467 e. The Morgan fingerprint density at radius 2 is 2.20 bits per heavy atom. The van der Waals surface area contributed by atoms with Crippen molar-refractivity contribution < 1.29 is 9.15 Å². The average Bonchev–Trinajstić information content (AvgIpc) is 3.21. The van der Waals surface area contributed by atoms with Crippen molar-refractivity contribution in [1.29, 1.82) is 0 Å². The molecule has 2 fully saturated rings. The molecule has 2 unspecified atom stereocenters. The van der Waals surface area contributed by atoms with Crippen molar-refractivity contribution in [2.75, 3.05) is 0 Å². The van der Waals surface area contributed by atoms with Crippen LogP contribution in [0.25, 0.3) is 0 Å². The minimum absolute atomic E-state index is 0.433. The maximum absolute atomic E-state index is 6.10. The number of hydrogen-bond acceptors (Lipinski definition) is 3. The maximum Gasteiger partial charge on any atom is 0.133 e. The van der Waals surface area contributed by atoms with Gasteiger partial charge < -0.3 is 14.5 Å². The van der Waals surface area contributed by atoms with E-state index in [1.165, 1.54) is 50.5 Å². The standard InChI is InChI=1S/C17H27NO2/c1-2-13-4-3-5-16(10-13)20-12-17-14(8-9-19-17)11-18-15-6-7-15/h8-9,13,15-16,18H,2-7,10-12H2,1H3. The minimum atomic E-state index is 0.433. The molecule has 0 aromatic carbocycles. The molecule has 3 heteroatoms. The van der Waals surface area contributed by atoms with Crippen LogP contribution in [0.4, 0.5) is 0 Å². The van der Waals surface area contributed by atoms with E-state index < -0.39 is 0 Å². The van der Waals surface area contributed by atoms with Crippen LogP contribution in [0.15, 0.2) is 16.7 Å². The third-order valence-corrected chi connectivity index (χ3v) is 4.76. The fraction of sp³-hybridized carbons (Fsp3) is 0.765. The van der Waals surface area contributed by atoms with Gasteiger partial charge in [-0.3, -0.25) is 0 Å². The topological polar surface area (TPSA) is 34.4 Å². The number of rotatable bonds is 7. The van der Waals surface area contributed by atoms with Gasteiger partial charge in [-0.25, -0.2) is 0 Å². The Balaban J connectivity index is 1.46. The van der Waals surface area contributed by atoms with Crippen molar-refractivity contribution >= 4 is 0 Å². The van der Waals surface area contributed by atoms with Gasteiger partial charge >= 0.3 is 0 Å². The van der Waals surface area contributed by atoms with Gasteiger partial charge in [0.2, 0.25) is 0 Å². The molecular weight excluding hydrogens is 250 g/mol. The molecule has 112 valence electrons. The Morgan fingerprint density at radius 3 is 3.00 bits per heavy atom. The van der Waals surface area contributed by atoms with Gasteiger partial charge in [-0.05, 0) is 37.7 Å². The van der Waals surface area contributed by atoms with Crippen LogP contribution in [-0.2, 0) is 17.9 Å². The summed E-state index contributed by atoms with van der Waals surface area (Å²) in [4.78, 5) is 0. The van der Waals surface area contributed by atoms with Crippen molar-refractivity contribution in [3.05, 3.63) is 23.7 Å². The van der Waals surface area contributed by atoms with E-state index in [1.807, 2.05) is 0 Å². The summed E-state index contributed by atoms with van der Waals surface area (Å²) in [5.74, 6) is 1.87. The van der Waals surface area contributed by atoms with Crippen LogP contribution in [-0.4, -0.2) is 12.1 Å². The van der Waals surface area contributed by atoms with Crippen molar-refractivity contribution in [2.45, 2.75) is 77.2 Å². The van der Waals surface area contributed by atoms with Crippen LogP contribution in [0, 0.1) is 5.92 Å². The second kappa shape index (κ2) is 6.77. The fourth-order valence-corrected chi connectivity index (χ4v) is 3.15. The van der Waals surface area contributed by atoms with Gasteiger partial charge in [-0.2, -0.15) is 0 Å². The van der Waals surface area contributed by atoms with Gasteiger partial charge in [0.1, 0.15) is 12.4 Å². The first-order valence-electron chi connectivity index (χ1n) is 8.25. The molecule has 1 heterocycles. The Kier molecular flexibility index (Phi) is 4.79. The summed E-state index contributed by atoms with van der Waals surface area (Å²) in [6.07, 6.45) is 11.3. The maximum atomic E-state index is 6.10. The first kappa shape index (κ1) is 14.2. The summed E-state index contributed by atoms with van der Waals surface area (Å²) in [6, 6.07) is 2.81. The van der Waals surface area contributed by atoms with Gasteiger partial charge in [0, 0.05) is 18.2 Å². The van der Waals surface area contributed by atoms with E-state index in [-0.39, 0.29) is 0 Å². The summed E-state index contributed by atoms with van der Waals surface area (Å²) >= 11 is 0. The molecular formula is C17H27NO2. The molecule has 1 N–H and O–H groups in total. The van der Waals surface area contributed by atoms with E-state index in [9.17, 15) is 0 Å². The Morgan fingerprint density at radius 1 is 1.30 bits per heavy atom. The molecule has 1 aromatic heterocycles. The number of furan rings is 1.